The summed E-state index contributed by atoms with van der Waals surface area (Å²) in [6.45, 7) is 10.7. The van der Waals surface area contributed by atoms with Gasteiger partial charge in [0.05, 0.1) is 32.0 Å². The third kappa shape index (κ3) is 3.55. The average molecular weight is 362 g/mol. The van der Waals surface area contributed by atoms with Crippen molar-refractivity contribution < 1.29 is 23.5 Å². The highest BCUT2D eigenvalue weighted by Gasteiger charge is 2.39. The first-order valence-electron chi connectivity index (χ1n) is 8.22. The molecule has 1 aliphatic rings. The van der Waals surface area contributed by atoms with Gasteiger partial charge in [0.25, 0.3) is 0 Å². The number of methoxy groups -OCH3 is 2. The fourth-order valence-electron chi connectivity index (χ4n) is 2.41. The molecule has 0 saturated heterocycles. The van der Waals surface area contributed by atoms with Gasteiger partial charge < -0.3 is 13.9 Å². The molecular weight excluding hydrogens is 336 g/mol. The van der Waals surface area contributed by atoms with Gasteiger partial charge in [-0.15, -0.1) is 0 Å². The van der Waals surface area contributed by atoms with Crippen LogP contribution in [-0.2, 0) is 4.43 Å². The smallest absolute Gasteiger partial charge is 0.196 e. The van der Waals surface area contributed by atoms with E-state index in [1.807, 2.05) is 0 Å². The third-order valence-corrected chi connectivity index (χ3v) is 9.51. The van der Waals surface area contributed by atoms with Crippen LogP contribution in [0.2, 0.25) is 18.1 Å². The molecule has 0 aromatic heterocycles. The van der Waals surface area contributed by atoms with Gasteiger partial charge in [0.1, 0.15) is 11.5 Å². The second-order valence-corrected chi connectivity index (χ2v) is 12.4. The number of carbonyl (C=O) groups is 2. The van der Waals surface area contributed by atoms with E-state index in [2.05, 4.69) is 33.9 Å². The topological polar surface area (TPSA) is 61.8 Å². The van der Waals surface area contributed by atoms with Gasteiger partial charge in [0, 0.05) is 5.57 Å². The van der Waals surface area contributed by atoms with Crippen molar-refractivity contribution in [1.29, 1.82) is 0 Å². The van der Waals surface area contributed by atoms with Gasteiger partial charge in [0.15, 0.2) is 19.9 Å². The molecule has 0 unspecified atom stereocenters. The van der Waals surface area contributed by atoms with Gasteiger partial charge >= 0.3 is 0 Å². The average Bonchev–Trinajstić information content (AvgIpc) is 2.54. The lowest BCUT2D eigenvalue weighted by Gasteiger charge is -2.36. The maximum atomic E-state index is 13.0. The van der Waals surface area contributed by atoms with Crippen LogP contribution >= 0.6 is 0 Å². The van der Waals surface area contributed by atoms with Crippen LogP contribution < -0.4 is 9.47 Å². The van der Waals surface area contributed by atoms with Crippen LogP contribution in [0.15, 0.2) is 23.8 Å². The quantitative estimate of drug-likeness (QED) is 0.740. The van der Waals surface area contributed by atoms with E-state index in [1.165, 1.54) is 20.3 Å². The summed E-state index contributed by atoms with van der Waals surface area (Å²) in [5.41, 5.74) is 0.861. The predicted molar refractivity (Wildman–Crippen MR) is 99.4 cm³/mol. The zero-order valence-electron chi connectivity index (χ0n) is 16.0. The van der Waals surface area contributed by atoms with Gasteiger partial charge in [-0.2, -0.15) is 0 Å². The van der Waals surface area contributed by atoms with Crippen LogP contribution in [0, 0.1) is 0 Å². The number of ether oxygens (including phenoxy) is 2. The van der Waals surface area contributed by atoms with E-state index in [0.29, 0.717) is 17.1 Å². The molecule has 0 N–H and O–H groups in total. The van der Waals surface area contributed by atoms with Crippen LogP contribution in [0.25, 0.3) is 0 Å². The zero-order chi connectivity index (χ0) is 19.0. The Labute approximate surface area is 150 Å². The SMILES string of the molecule is COc1ccc(OC)c2c1C(=O)C=C(CO[Si](C)(C)C(C)(C)C)C2=O. The van der Waals surface area contributed by atoms with Crippen molar-refractivity contribution in [2.24, 2.45) is 0 Å². The highest BCUT2D eigenvalue weighted by atomic mass is 28.4. The normalized spacial score (nSPS) is 14.9. The number of benzene rings is 1. The summed E-state index contributed by atoms with van der Waals surface area (Å²) in [5, 5.41) is 0.0219. The predicted octanol–water partition coefficient (Wildman–Crippen LogP) is 4.03. The second kappa shape index (κ2) is 6.76. The van der Waals surface area contributed by atoms with Gasteiger partial charge in [-0.1, -0.05) is 20.8 Å². The summed E-state index contributed by atoms with van der Waals surface area (Å²) in [7, 11) is 0.916. The minimum absolute atomic E-state index is 0.0219. The summed E-state index contributed by atoms with van der Waals surface area (Å²) >= 11 is 0. The Kier molecular flexibility index (Phi) is 5.25. The first-order valence-corrected chi connectivity index (χ1v) is 11.1. The maximum Gasteiger partial charge on any atom is 0.196 e. The number of ketones is 2. The highest BCUT2D eigenvalue weighted by Crippen LogP contribution is 2.39. The number of rotatable bonds is 5. The van der Waals surface area contributed by atoms with Crippen molar-refractivity contribution in [3.8, 4) is 11.5 Å². The Morgan fingerprint density at radius 3 is 1.96 bits per heavy atom. The van der Waals surface area contributed by atoms with Crippen molar-refractivity contribution in [1.82, 2.24) is 0 Å². The van der Waals surface area contributed by atoms with Crippen LogP contribution in [0.1, 0.15) is 41.5 Å². The molecule has 136 valence electrons. The van der Waals surface area contributed by atoms with E-state index in [4.69, 9.17) is 13.9 Å². The molecule has 0 saturated carbocycles. The molecule has 0 radical (unpaired) electrons. The third-order valence-electron chi connectivity index (χ3n) is 5.03. The van der Waals surface area contributed by atoms with E-state index in [9.17, 15) is 9.59 Å². The summed E-state index contributed by atoms with van der Waals surface area (Å²) < 4.78 is 16.7. The molecule has 0 fully saturated rings. The van der Waals surface area contributed by atoms with Gasteiger partial charge in [-0.3, -0.25) is 9.59 Å². The monoisotopic (exact) mass is 362 g/mol. The van der Waals surface area contributed by atoms with Gasteiger partial charge in [-0.05, 0) is 36.3 Å². The summed E-state index contributed by atoms with van der Waals surface area (Å²) in [4.78, 5) is 25.6. The van der Waals surface area contributed by atoms with Gasteiger partial charge in [-0.25, -0.2) is 0 Å². The molecule has 0 bridgehead atoms. The molecule has 2 rings (SSSR count). The summed E-state index contributed by atoms with van der Waals surface area (Å²) in [6.07, 6.45) is 1.36. The minimum Gasteiger partial charge on any atom is -0.496 e. The van der Waals surface area contributed by atoms with Gasteiger partial charge in [0.2, 0.25) is 0 Å². The van der Waals surface area contributed by atoms with Crippen LogP contribution in [-0.4, -0.2) is 40.7 Å². The standard InChI is InChI=1S/C19H26O5Si/c1-19(2,3)25(6,7)24-11-12-10-13(20)16-14(22-4)8-9-15(23-5)17(16)18(12)21/h8-10H,11H2,1-7H3. The molecule has 0 spiro atoms. The molecule has 0 heterocycles. The summed E-state index contributed by atoms with van der Waals surface area (Å²) in [5.74, 6) is 0.227. The van der Waals surface area contributed by atoms with E-state index >= 15 is 0 Å². The van der Waals surface area contributed by atoms with E-state index in [1.54, 1.807) is 12.1 Å². The number of allylic oxidation sites excluding steroid dienone is 1. The molecule has 1 aliphatic carbocycles. The number of carbonyl (C=O) groups excluding carboxylic acids is 2. The largest absolute Gasteiger partial charge is 0.496 e. The van der Waals surface area contributed by atoms with E-state index in [-0.39, 0.29) is 34.3 Å². The first kappa shape index (κ1) is 19.4. The van der Waals surface area contributed by atoms with Crippen LogP contribution in [0.4, 0.5) is 0 Å². The van der Waals surface area contributed by atoms with Crippen LogP contribution in [0.5, 0.6) is 11.5 Å². The molecule has 0 aliphatic heterocycles. The number of hydrogen-bond donors (Lipinski definition) is 0. The first-order chi connectivity index (χ1) is 11.5. The van der Waals surface area contributed by atoms with Crippen molar-refractivity contribution in [3.63, 3.8) is 0 Å². The Morgan fingerprint density at radius 2 is 1.48 bits per heavy atom. The lowest BCUT2D eigenvalue weighted by Crippen LogP contribution is -2.41. The minimum atomic E-state index is -2.03. The molecule has 1 aromatic carbocycles. The van der Waals surface area contributed by atoms with Crippen LogP contribution in [0.3, 0.4) is 0 Å². The molecule has 0 atom stereocenters. The fourth-order valence-corrected chi connectivity index (χ4v) is 3.36. The molecule has 0 amide bonds. The number of Topliss-reactive ketones (excluding diaryl/α,β-unsaturated/α-hetero) is 1. The molecule has 5 nitrogen and oxygen atoms in total. The zero-order valence-corrected chi connectivity index (χ0v) is 17.0. The number of hydrogen-bond acceptors (Lipinski definition) is 5. The molecule has 6 heteroatoms. The molecule has 1 aromatic rings. The molecule has 25 heavy (non-hydrogen) atoms. The Bertz CT molecular complexity index is 741. The molecular formula is C19H26O5Si. The Balaban J connectivity index is 2.39. The fraction of sp³-hybridized carbons (Fsp3) is 0.474. The summed E-state index contributed by atoms with van der Waals surface area (Å²) in [6, 6.07) is 3.27. The Hall–Kier alpha value is -1.92. The van der Waals surface area contributed by atoms with E-state index in [0.717, 1.165) is 0 Å². The number of fused-ring (bicyclic) bond motifs is 1. The van der Waals surface area contributed by atoms with E-state index < -0.39 is 8.32 Å². The van der Waals surface area contributed by atoms with Crippen molar-refractivity contribution in [2.75, 3.05) is 20.8 Å². The Morgan fingerprint density at radius 1 is 0.960 bits per heavy atom. The highest BCUT2D eigenvalue weighted by molar-refractivity contribution is 6.74. The van der Waals surface area contributed by atoms with Crippen molar-refractivity contribution in [3.05, 3.63) is 34.9 Å². The maximum absolute atomic E-state index is 13.0. The second-order valence-electron chi connectivity index (χ2n) is 7.63. The lowest BCUT2D eigenvalue weighted by atomic mass is 9.88. The van der Waals surface area contributed by atoms with Crippen molar-refractivity contribution in [2.45, 2.75) is 38.9 Å². The lowest BCUT2D eigenvalue weighted by molar-refractivity contribution is 0.0968. The van der Waals surface area contributed by atoms with Crippen molar-refractivity contribution >= 4 is 19.9 Å².